The van der Waals surface area contributed by atoms with Gasteiger partial charge < -0.3 is 10.6 Å². The zero-order chi connectivity index (χ0) is 22.7. The Bertz CT molecular complexity index is 1140. The Morgan fingerprint density at radius 3 is 2.12 bits per heavy atom. The number of anilines is 1. The van der Waals surface area contributed by atoms with Crippen molar-refractivity contribution in [1.82, 2.24) is 10.2 Å². The lowest BCUT2D eigenvalue weighted by atomic mass is 9.83. The Balaban J connectivity index is 1.60. The first kappa shape index (κ1) is 21.3. The van der Waals surface area contributed by atoms with Crippen molar-refractivity contribution in [3.8, 4) is 0 Å². The third-order valence-electron chi connectivity index (χ3n) is 5.56. The predicted octanol–water partition coefficient (Wildman–Crippen LogP) is 3.93. The quantitative estimate of drug-likeness (QED) is 0.585. The van der Waals surface area contributed by atoms with E-state index in [0.29, 0.717) is 11.3 Å². The molecule has 1 saturated heterocycles. The maximum absolute atomic E-state index is 13.6. The number of rotatable bonds is 6. The van der Waals surface area contributed by atoms with Crippen molar-refractivity contribution in [2.24, 2.45) is 0 Å². The Kier molecular flexibility index (Phi) is 5.77. The van der Waals surface area contributed by atoms with Crippen molar-refractivity contribution >= 4 is 23.5 Å². The third-order valence-corrected chi connectivity index (χ3v) is 5.56. The van der Waals surface area contributed by atoms with Gasteiger partial charge in [0.25, 0.3) is 5.91 Å². The highest BCUT2D eigenvalue weighted by Gasteiger charge is 2.52. The summed E-state index contributed by atoms with van der Waals surface area (Å²) in [5.74, 6) is -0.866. The maximum Gasteiger partial charge on any atom is 0.325 e. The molecule has 4 rings (SSSR count). The van der Waals surface area contributed by atoms with Gasteiger partial charge in [-0.1, -0.05) is 66.7 Å². The lowest BCUT2D eigenvalue weighted by Crippen LogP contribution is -2.46. The number of amides is 4. The van der Waals surface area contributed by atoms with E-state index in [1.807, 2.05) is 92.7 Å². The maximum atomic E-state index is 13.6. The molecule has 162 valence electrons. The molecule has 4 amide bonds. The van der Waals surface area contributed by atoms with Gasteiger partial charge in [-0.3, -0.25) is 14.5 Å². The first-order chi connectivity index (χ1) is 15.4. The van der Waals surface area contributed by atoms with Crippen LogP contribution in [0.25, 0.3) is 0 Å². The minimum atomic E-state index is -1.26. The van der Waals surface area contributed by atoms with Gasteiger partial charge >= 0.3 is 6.03 Å². The second-order valence-electron chi connectivity index (χ2n) is 8.18. The largest absolute Gasteiger partial charge is 0.325 e. The number of hydrogen-bond acceptors (Lipinski definition) is 3. The molecule has 1 heterocycles. The van der Waals surface area contributed by atoms with Gasteiger partial charge in [0.2, 0.25) is 5.91 Å². The lowest BCUT2D eigenvalue weighted by molar-refractivity contribution is -0.134. The van der Waals surface area contributed by atoms with Crippen molar-refractivity contribution in [1.29, 1.82) is 0 Å². The number of nitrogens with zero attached hydrogens (tertiary/aromatic N) is 1. The third kappa shape index (κ3) is 4.25. The van der Waals surface area contributed by atoms with Gasteiger partial charge in [-0.2, -0.15) is 0 Å². The van der Waals surface area contributed by atoms with Gasteiger partial charge in [0.05, 0.1) is 0 Å². The second-order valence-corrected chi connectivity index (χ2v) is 8.18. The van der Waals surface area contributed by atoms with Gasteiger partial charge in [-0.15, -0.1) is 0 Å². The van der Waals surface area contributed by atoms with Gasteiger partial charge in [0.15, 0.2) is 5.54 Å². The van der Waals surface area contributed by atoms with E-state index >= 15 is 0 Å². The summed E-state index contributed by atoms with van der Waals surface area (Å²) in [4.78, 5) is 40.2. The smallest absolute Gasteiger partial charge is 0.325 e. The number of nitrogens with one attached hydrogen (secondary N) is 2. The monoisotopic (exact) mass is 427 g/mol. The van der Waals surface area contributed by atoms with Crippen LogP contribution in [0, 0.1) is 13.8 Å². The number of urea groups is 1. The molecular weight excluding hydrogens is 402 g/mol. The van der Waals surface area contributed by atoms with Crippen LogP contribution in [0.2, 0.25) is 0 Å². The van der Waals surface area contributed by atoms with Gasteiger partial charge in [0, 0.05) is 12.1 Å². The summed E-state index contributed by atoms with van der Waals surface area (Å²) < 4.78 is 0. The Morgan fingerprint density at radius 2 is 1.50 bits per heavy atom. The van der Waals surface area contributed by atoms with Crippen LogP contribution in [-0.2, 0) is 21.5 Å². The zero-order valence-electron chi connectivity index (χ0n) is 18.1. The summed E-state index contributed by atoms with van der Waals surface area (Å²) >= 11 is 0. The highest BCUT2D eigenvalue weighted by Crippen LogP contribution is 2.33. The molecule has 3 aromatic carbocycles. The summed E-state index contributed by atoms with van der Waals surface area (Å²) in [5, 5.41) is 5.67. The van der Waals surface area contributed by atoms with Crippen molar-refractivity contribution in [2.75, 3.05) is 11.9 Å². The topological polar surface area (TPSA) is 78.5 Å². The summed E-state index contributed by atoms with van der Waals surface area (Å²) in [5.41, 5.74) is 2.99. The molecule has 1 atom stereocenters. The average Bonchev–Trinajstić information content (AvgIpc) is 2.99. The van der Waals surface area contributed by atoms with Crippen LogP contribution in [0.1, 0.15) is 22.3 Å². The van der Waals surface area contributed by atoms with Crippen molar-refractivity contribution in [3.63, 3.8) is 0 Å². The Labute approximate surface area is 187 Å². The molecule has 32 heavy (non-hydrogen) atoms. The van der Waals surface area contributed by atoms with E-state index in [1.54, 1.807) is 0 Å². The number of hydrogen-bond donors (Lipinski definition) is 2. The molecule has 6 heteroatoms. The number of aryl methyl sites for hydroxylation is 2. The Hall–Kier alpha value is -3.93. The minimum Gasteiger partial charge on any atom is -0.325 e. The number of imide groups is 1. The summed E-state index contributed by atoms with van der Waals surface area (Å²) in [6.45, 7) is 3.52. The second kappa shape index (κ2) is 8.67. The van der Waals surface area contributed by atoms with Crippen LogP contribution < -0.4 is 10.6 Å². The molecule has 0 bridgehead atoms. The highest BCUT2D eigenvalue weighted by molar-refractivity contribution is 6.10. The molecule has 1 aliphatic rings. The van der Waals surface area contributed by atoms with Crippen LogP contribution in [0.4, 0.5) is 10.5 Å². The van der Waals surface area contributed by atoms with Crippen molar-refractivity contribution < 1.29 is 14.4 Å². The summed E-state index contributed by atoms with van der Waals surface area (Å²) in [6.07, 6.45) is 0.289. The lowest BCUT2D eigenvalue weighted by Gasteiger charge is -2.27. The van der Waals surface area contributed by atoms with Gasteiger partial charge in [-0.05, 0) is 48.2 Å². The standard InChI is InChI=1S/C26H25N3O3/c1-18-13-19(2)15-22(14-18)27-23(30)17-29-24(31)26(28-25(29)32,21-11-7-4-8-12-21)16-20-9-5-3-6-10-20/h3-15H,16-17H2,1-2H3,(H,27,30)(H,28,32). The fourth-order valence-corrected chi connectivity index (χ4v) is 4.20. The number of carbonyl (C=O) groups is 3. The van der Waals surface area contributed by atoms with E-state index in [1.165, 1.54) is 0 Å². The fourth-order valence-electron chi connectivity index (χ4n) is 4.20. The van der Waals surface area contributed by atoms with Crippen LogP contribution in [0.15, 0.2) is 78.9 Å². The minimum absolute atomic E-state index is 0.289. The van der Waals surface area contributed by atoms with E-state index in [2.05, 4.69) is 10.6 Å². The molecule has 1 fully saturated rings. The first-order valence-electron chi connectivity index (χ1n) is 10.5. The zero-order valence-corrected chi connectivity index (χ0v) is 18.1. The average molecular weight is 428 g/mol. The Morgan fingerprint density at radius 1 is 0.906 bits per heavy atom. The molecule has 0 saturated carbocycles. The molecule has 0 radical (unpaired) electrons. The van der Waals surface area contributed by atoms with Crippen LogP contribution >= 0.6 is 0 Å². The number of benzene rings is 3. The summed E-state index contributed by atoms with van der Waals surface area (Å²) in [7, 11) is 0. The molecule has 0 aromatic heterocycles. The van der Waals surface area contributed by atoms with E-state index < -0.39 is 23.4 Å². The predicted molar refractivity (Wildman–Crippen MR) is 123 cm³/mol. The highest BCUT2D eigenvalue weighted by atomic mass is 16.2. The number of carbonyl (C=O) groups excluding carboxylic acids is 3. The van der Waals surface area contributed by atoms with Crippen LogP contribution in [0.3, 0.4) is 0 Å². The molecule has 1 aliphatic heterocycles. The van der Waals surface area contributed by atoms with Crippen molar-refractivity contribution in [2.45, 2.75) is 25.8 Å². The normalized spacial score (nSPS) is 17.9. The van der Waals surface area contributed by atoms with Crippen molar-refractivity contribution in [3.05, 3.63) is 101 Å². The first-order valence-corrected chi connectivity index (χ1v) is 10.5. The van der Waals surface area contributed by atoms with E-state index in [9.17, 15) is 14.4 Å². The van der Waals surface area contributed by atoms with Gasteiger partial charge in [-0.25, -0.2) is 4.79 Å². The van der Waals surface area contributed by atoms with E-state index in [-0.39, 0.29) is 13.0 Å². The molecule has 2 N–H and O–H groups in total. The summed E-state index contributed by atoms with van der Waals surface area (Å²) in [6, 6.07) is 23.8. The molecule has 0 spiro atoms. The molecular formula is C26H25N3O3. The van der Waals surface area contributed by atoms with E-state index in [4.69, 9.17) is 0 Å². The molecule has 1 unspecified atom stereocenters. The molecule has 0 aliphatic carbocycles. The molecule has 3 aromatic rings. The van der Waals surface area contributed by atoms with Gasteiger partial charge in [0.1, 0.15) is 6.54 Å². The fraction of sp³-hybridized carbons (Fsp3) is 0.192. The SMILES string of the molecule is Cc1cc(C)cc(NC(=O)CN2C(=O)NC(Cc3ccccc3)(c3ccccc3)C2=O)c1. The van der Waals surface area contributed by atoms with Crippen LogP contribution in [0.5, 0.6) is 0 Å². The van der Waals surface area contributed by atoms with Crippen LogP contribution in [-0.4, -0.2) is 29.3 Å². The van der Waals surface area contributed by atoms with E-state index in [0.717, 1.165) is 21.6 Å². The molecule has 6 nitrogen and oxygen atoms in total.